The normalized spacial score (nSPS) is 10.8. The van der Waals surface area contributed by atoms with E-state index in [0.717, 1.165) is 14.6 Å². The number of hydrogen-bond acceptors (Lipinski definition) is 3. The number of aromatic nitrogens is 2. The Hall–Kier alpha value is -1.66. The number of aromatic amines is 1. The Morgan fingerprint density at radius 2 is 1.95 bits per heavy atom. The number of rotatable bonds is 3. The molecule has 0 unspecified atom stereocenters. The van der Waals surface area contributed by atoms with Crippen LogP contribution < -0.4 is 10.9 Å². The first-order chi connectivity index (χ1) is 10.1. The second-order valence-electron chi connectivity index (χ2n) is 4.51. The summed E-state index contributed by atoms with van der Waals surface area (Å²) in [5.74, 6) is 0.605. The van der Waals surface area contributed by atoms with Crippen molar-refractivity contribution in [1.82, 2.24) is 9.97 Å². The molecular weight excluding hydrogens is 398 g/mol. The van der Waals surface area contributed by atoms with Crippen LogP contribution in [0.15, 0.2) is 56.2 Å². The van der Waals surface area contributed by atoms with Crippen LogP contribution in [0.25, 0.3) is 10.9 Å². The average Bonchev–Trinajstić information content (AvgIpc) is 2.46. The number of benzene rings is 2. The van der Waals surface area contributed by atoms with Crippen molar-refractivity contribution in [3.05, 3.63) is 67.6 Å². The summed E-state index contributed by atoms with van der Waals surface area (Å²) in [4.78, 5) is 19.2. The van der Waals surface area contributed by atoms with E-state index < -0.39 is 0 Å². The van der Waals surface area contributed by atoms with Crippen molar-refractivity contribution in [3.63, 3.8) is 0 Å². The predicted molar refractivity (Wildman–Crippen MR) is 91.5 cm³/mol. The van der Waals surface area contributed by atoms with E-state index in [1.54, 1.807) is 6.07 Å². The molecule has 0 bridgehead atoms. The van der Waals surface area contributed by atoms with Gasteiger partial charge in [0.2, 0.25) is 0 Å². The summed E-state index contributed by atoms with van der Waals surface area (Å²) >= 11 is 6.90. The summed E-state index contributed by atoms with van der Waals surface area (Å²) in [6.45, 7) is 0.445. The van der Waals surface area contributed by atoms with Crippen molar-refractivity contribution in [2.45, 2.75) is 6.54 Å². The number of nitrogens with zero attached hydrogens (tertiary/aromatic N) is 1. The minimum Gasteiger partial charge on any atom is -0.377 e. The molecule has 3 rings (SSSR count). The first-order valence-electron chi connectivity index (χ1n) is 6.30. The number of H-pyrrole nitrogens is 1. The fourth-order valence-electron chi connectivity index (χ4n) is 2.03. The molecule has 0 atom stereocenters. The number of fused-ring (bicyclic) bond motifs is 1. The highest BCUT2D eigenvalue weighted by molar-refractivity contribution is 9.11. The molecule has 2 aromatic carbocycles. The minimum absolute atomic E-state index is 0.118. The zero-order chi connectivity index (χ0) is 14.8. The van der Waals surface area contributed by atoms with Gasteiger partial charge in [0.1, 0.15) is 5.82 Å². The number of anilines is 1. The van der Waals surface area contributed by atoms with Gasteiger partial charge >= 0.3 is 0 Å². The molecule has 0 saturated carbocycles. The lowest BCUT2D eigenvalue weighted by molar-refractivity contribution is 0.952. The van der Waals surface area contributed by atoms with E-state index in [2.05, 4.69) is 47.1 Å². The van der Waals surface area contributed by atoms with Crippen LogP contribution in [-0.4, -0.2) is 9.97 Å². The molecule has 0 amide bonds. The molecule has 0 spiro atoms. The number of para-hydroxylation sites is 1. The fourth-order valence-corrected chi connectivity index (χ4v) is 3.22. The predicted octanol–water partition coefficient (Wildman–Crippen LogP) is 4.06. The van der Waals surface area contributed by atoms with Gasteiger partial charge in [0.15, 0.2) is 0 Å². The fraction of sp³-hybridized carbons (Fsp3) is 0.0667. The number of hydrogen-bond donors (Lipinski definition) is 2. The van der Waals surface area contributed by atoms with Crippen LogP contribution in [0.4, 0.5) is 5.69 Å². The van der Waals surface area contributed by atoms with Gasteiger partial charge in [0, 0.05) is 14.6 Å². The minimum atomic E-state index is -0.118. The van der Waals surface area contributed by atoms with E-state index in [0.29, 0.717) is 23.3 Å². The van der Waals surface area contributed by atoms with Crippen LogP contribution in [0, 0.1) is 0 Å². The van der Waals surface area contributed by atoms with Crippen molar-refractivity contribution < 1.29 is 0 Å². The summed E-state index contributed by atoms with van der Waals surface area (Å²) in [5.41, 5.74) is 1.52. The van der Waals surface area contributed by atoms with Gasteiger partial charge in [-0.15, -0.1) is 0 Å². The van der Waals surface area contributed by atoms with Crippen molar-refractivity contribution in [2.24, 2.45) is 0 Å². The molecule has 6 heteroatoms. The third kappa shape index (κ3) is 3.16. The molecule has 0 aliphatic rings. The lowest BCUT2D eigenvalue weighted by Crippen LogP contribution is -2.14. The molecule has 106 valence electrons. The summed E-state index contributed by atoms with van der Waals surface area (Å²) in [6.07, 6.45) is 0. The lowest BCUT2D eigenvalue weighted by Gasteiger charge is -2.09. The molecule has 0 aliphatic carbocycles. The zero-order valence-corrected chi connectivity index (χ0v) is 14.0. The maximum absolute atomic E-state index is 12.0. The zero-order valence-electron chi connectivity index (χ0n) is 10.9. The highest BCUT2D eigenvalue weighted by atomic mass is 79.9. The molecule has 0 saturated heterocycles. The van der Waals surface area contributed by atoms with Crippen LogP contribution in [-0.2, 0) is 6.54 Å². The van der Waals surface area contributed by atoms with Crippen molar-refractivity contribution >= 4 is 48.5 Å². The Kier molecular flexibility index (Phi) is 4.07. The molecular formula is C15H11Br2N3O. The smallest absolute Gasteiger partial charge is 0.258 e. The molecule has 21 heavy (non-hydrogen) atoms. The second kappa shape index (κ2) is 5.99. The number of halogens is 2. The van der Waals surface area contributed by atoms with Gasteiger partial charge < -0.3 is 10.3 Å². The molecule has 4 nitrogen and oxygen atoms in total. The molecule has 0 fully saturated rings. The van der Waals surface area contributed by atoms with Gasteiger partial charge in [-0.25, -0.2) is 4.98 Å². The van der Waals surface area contributed by atoms with Crippen molar-refractivity contribution in [1.29, 1.82) is 0 Å². The Bertz CT molecular complexity index is 861. The van der Waals surface area contributed by atoms with E-state index >= 15 is 0 Å². The topological polar surface area (TPSA) is 57.8 Å². The molecule has 3 aromatic rings. The second-order valence-corrected chi connectivity index (χ2v) is 6.28. The molecule has 1 aromatic heterocycles. The quantitative estimate of drug-likeness (QED) is 0.686. The van der Waals surface area contributed by atoms with Gasteiger partial charge in [0.05, 0.1) is 17.4 Å². The van der Waals surface area contributed by atoms with E-state index in [-0.39, 0.29) is 5.56 Å². The molecule has 2 N–H and O–H groups in total. The SMILES string of the molecule is O=c1[nH]c(CNc2ccc(Br)cc2Br)nc2ccccc12. The standard InChI is InChI=1S/C15H11Br2N3O/c16-9-5-6-13(11(17)7-9)18-8-14-19-12-4-2-1-3-10(12)15(21)20-14/h1-7,18H,8H2,(H,19,20,21). The van der Waals surface area contributed by atoms with Crippen LogP contribution in [0.2, 0.25) is 0 Å². The van der Waals surface area contributed by atoms with Crippen molar-refractivity contribution in [3.8, 4) is 0 Å². The molecule has 1 heterocycles. The molecule has 0 aliphatic heterocycles. The summed E-state index contributed by atoms with van der Waals surface area (Å²) in [7, 11) is 0. The third-order valence-electron chi connectivity index (χ3n) is 3.04. The van der Waals surface area contributed by atoms with E-state index in [9.17, 15) is 4.79 Å². The first-order valence-corrected chi connectivity index (χ1v) is 7.89. The Balaban J connectivity index is 1.87. The largest absolute Gasteiger partial charge is 0.377 e. The van der Waals surface area contributed by atoms with Crippen molar-refractivity contribution in [2.75, 3.05) is 5.32 Å². The maximum atomic E-state index is 12.0. The Labute approximate surface area is 137 Å². The van der Waals surface area contributed by atoms with Gasteiger partial charge in [-0.3, -0.25) is 4.79 Å². The highest BCUT2D eigenvalue weighted by Crippen LogP contribution is 2.26. The van der Waals surface area contributed by atoms with Gasteiger partial charge in [-0.1, -0.05) is 28.1 Å². The monoisotopic (exact) mass is 407 g/mol. The van der Waals surface area contributed by atoms with Crippen LogP contribution in [0.3, 0.4) is 0 Å². The molecule has 0 radical (unpaired) electrons. The van der Waals surface area contributed by atoms with Gasteiger partial charge in [0.25, 0.3) is 5.56 Å². The maximum Gasteiger partial charge on any atom is 0.258 e. The number of nitrogens with one attached hydrogen (secondary N) is 2. The average molecular weight is 409 g/mol. The summed E-state index contributed by atoms with van der Waals surface area (Å²) < 4.78 is 1.94. The highest BCUT2D eigenvalue weighted by Gasteiger charge is 2.04. The van der Waals surface area contributed by atoms with E-state index in [1.165, 1.54) is 0 Å². The van der Waals surface area contributed by atoms with Crippen LogP contribution >= 0.6 is 31.9 Å². The van der Waals surface area contributed by atoms with E-state index in [1.807, 2.05) is 36.4 Å². The van der Waals surface area contributed by atoms with Crippen LogP contribution in [0.5, 0.6) is 0 Å². The Morgan fingerprint density at radius 3 is 2.76 bits per heavy atom. The van der Waals surface area contributed by atoms with E-state index in [4.69, 9.17) is 0 Å². The third-order valence-corrected chi connectivity index (χ3v) is 4.19. The van der Waals surface area contributed by atoms with Crippen LogP contribution in [0.1, 0.15) is 5.82 Å². The van der Waals surface area contributed by atoms with Gasteiger partial charge in [-0.05, 0) is 46.3 Å². The first kappa shape index (κ1) is 14.3. The lowest BCUT2D eigenvalue weighted by atomic mass is 10.2. The Morgan fingerprint density at radius 1 is 1.14 bits per heavy atom. The summed E-state index contributed by atoms with van der Waals surface area (Å²) in [5, 5.41) is 3.85. The summed E-state index contributed by atoms with van der Waals surface area (Å²) in [6, 6.07) is 13.2. The van der Waals surface area contributed by atoms with Gasteiger partial charge in [-0.2, -0.15) is 0 Å².